The molecule has 0 spiro atoms. The van der Waals surface area contributed by atoms with E-state index in [1.165, 1.54) is 5.56 Å². The summed E-state index contributed by atoms with van der Waals surface area (Å²) in [6.45, 7) is 6.85. The van der Waals surface area contributed by atoms with Crippen molar-refractivity contribution in [1.29, 1.82) is 0 Å². The average Bonchev–Trinajstić information content (AvgIpc) is 3.25. The van der Waals surface area contributed by atoms with Crippen LogP contribution in [0.2, 0.25) is 0 Å². The quantitative estimate of drug-likeness (QED) is 0.504. The number of nitrogens with zero attached hydrogens (tertiary/aromatic N) is 2. The molecule has 1 heterocycles. The van der Waals surface area contributed by atoms with Gasteiger partial charge in [-0.05, 0) is 25.0 Å². The molecule has 1 saturated heterocycles. The number of hydrogen-bond donors (Lipinski definition) is 1. The summed E-state index contributed by atoms with van der Waals surface area (Å²) in [7, 11) is 3.32. The molecule has 6 nitrogen and oxygen atoms in total. The van der Waals surface area contributed by atoms with Crippen LogP contribution in [0.5, 0.6) is 11.5 Å². The molecular weight excluding hydrogens is 378 g/mol. The second-order valence-electron chi connectivity index (χ2n) is 7.42. The summed E-state index contributed by atoms with van der Waals surface area (Å²) in [6, 6.07) is 16.2. The highest BCUT2D eigenvalue weighted by atomic mass is 16.5. The predicted molar refractivity (Wildman–Crippen MR) is 120 cm³/mol. The van der Waals surface area contributed by atoms with Crippen molar-refractivity contribution in [3.8, 4) is 11.5 Å². The monoisotopic (exact) mass is 411 g/mol. The van der Waals surface area contributed by atoms with E-state index in [1.54, 1.807) is 14.2 Å². The minimum absolute atomic E-state index is 0.518. The van der Waals surface area contributed by atoms with Crippen molar-refractivity contribution in [2.24, 2.45) is 10.9 Å². The van der Waals surface area contributed by atoms with Gasteiger partial charge in [-0.25, -0.2) is 4.99 Å². The Labute approximate surface area is 179 Å². The third kappa shape index (κ3) is 5.89. The molecule has 0 aliphatic carbocycles. The number of benzene rings is 2. The maximum absolute atomic E-state index is 5.96. The lowest BCUT2D eigenvalue weighted by Crippen LogP contribution is -2.40. The topological polar surface area (TPSA) is 55.3 Å². The molecule has 1 fully saturated rings. The number of guanidine groups is 1. The molecule has 0 saturated carbocycles. The SMILES string of the molecule is CCNC(=NCc1cccc(OC)c1OC)N1CCC(COCc2ccccc2)C1. The highest BCUT2D eigenvalue weighted by Gasteiger charge is 2.25. The van der Waals surface area contributed by atoms with E-state index < -0.39 is 0 Å². The third-order valence-corrected chi connectivity index (χ3v) is 5.27. The lowest BCUT2D eigenvalue weighted by molar-refractivity contribution is 0.0906. The predicted octanol–water partition coefficient (Wildman–Crippen LogP) is 3.71. The Bertz CT molecular complexity index is 811. The van der Waals surface area contributed by atoms with Gasteiger partial charge in [-0.2, -0.15) is 0 Å². The molecule has 1 unspecified atom stereocenters. The fourth-order valence-corrected chi connectivity index (χ4v) is 3.74. The van der Waals surface area contributed by atoms with E-state index >= 15 is 0 Å². The van der Waals surface area contributed by atoms with E-state index in [0.29, 0.717) is 19.1 Å². The van der Waals surface area contributed by atoms with Crippen LogP contribution in [0.25, 0.3) is 0 Å². The summed E-state index contributed by atoms with van der Waals surface area (Å²) < 4.78 is 16.9. The van der Waals surface area contributed by atoms with Crippen LogP contribution in [-0.2, 0) is 17.9 Å². The van der Waals surface area contributed by atoms with Crippen LogP contribution in [0.4, 0.5) is 0 Å². The van der Waals surface area contributed by atoms with E-state index in [1.807, 2.05) is 36.4 Å². The Morgan fingerprint density at radius 1 is 1.10 bits per heavy atom. The van der Waals surface area contributed by atoms with Gasteiger partial charge in [0.2, 0.25) is 0 Å². The molecule has 2 aromatic carbocycles. The molecule has 0 aromatic heterocycles. The van der Waals surface area contributed by atoms with E-state index in [0.717, 1.165) is 55.7 Å². The zero-order valence-electron chi connectivity index (χ0n) is 18.3. The summed E-state index contributed by atoms with van der Waals surface area (Å²) >= 11 is 0. The van der Waals surface area contributed by atoms with Crippen molar-refractivity contribution < 1.29 is 14.2 Å². The molecule has 0 amide bonds. The second kappa shape index (κ2) is 11.5. The number of likely N-dealkylation sites (tertiary alicyclic amines) is 1. The van der Waals surface area contributed by atoms with Crippen LogP contribution in [-0.4, -0.2) is 51.3 Å². The van der Waals surface area contributed by atoms with Crippen molar-refractivity contribution in [2.75, 3.05) is 40.5 Å². The lowest BCUT2D eigenvalue weighted by atomic mass is 10.1. The van der Waals surface area contributed by atoms with Crippen LogP contribution in [0.15, 0.2) is 53.5 Å². The van der Waals surface area contributed by atoms with E-state index in [2.05, 4.69) is 29.3 Å². The molecule has 162 valence electrons. The number of para-hydroxylation sites is 1. The summed E-state index contributed by atoms with van der Waals surface area (Å²) in [5.41, 5.74) is 2.23. The molecule has 0 bridgehead atoms. The van der Waals surface area contributed by atoms with Crippen LogP contribution in [0.3, 0.4) is 0 Å². The zero-order valence-corrected chi connectivity index (χ0v) is 18.3. The first kappa shape index (κ1) is 22.0. The molecule has 2 aromatic rings. The van der Waals surface area contributed by atoms with Crippen molar-refractivity contribution in [3.05, 3.63) is 59.7 Å². The van der Waals surface area contributed by atoms with Crippen LogP contribution in [0, 0.1) is 5.92 Å². The van der Waals surface area contributed by atoms with Gasteiger partial charge in [0.05, 0.1) is 34.0 Å². The molecule has 6 heteroatoms. The van der Waals surface area contributed by atoms with E-state index in [4.69, 9.17) is 19.2 Å². The standard InChI is InChI=1S/C24H33N3O3/c1-4-25-24(26-15-21-11-8-12-22(28-2)23(21)29-3)27-14-13-20(16-27)18-30-17-19-9-6-5-7-10-19/h5-12,20H,4,13-18H2,1-3H3,(H,25,26). The molecular formula is C24H33N3O3. The van der Waals surface area contributed by atoms with Gasteiger partial charge >= 0.3 is 0 Å². The second-order valence-corrected chi connectivity index (χ2v) is 7.42. The molecule has 1 atom stereocenters. The van der Waals surface area contributed by atoms with Crippen molar-refractivity contribution in [1.82, 2.24) is 10.2 Å². The van der Waals surface area contributed by atoms with E-state index in [9.17, 15) is 0 Å². The first-order valence-corrected chi connectivity index (χ1v) is 10.6. The highest BCUT2D eigenvalue weighted by molar-refractivity contribution is 5.80. The van der Waals surface area contributed by atoms with Gasteiger partial charge in [0.25, 0.3) is 0 Å². The van der Waals surface area contributed by atoms with Crippen LogP contribution < -0.4 is 14.8 Å². The van der Waals surface area contributed by atoms with Gasteiger partial charge in [0.1, 0.15) is 0 Å². The van der Waals surface area contributed by atoms with Gasteiger partial charge < -0.3 is 24.4 Å². The first-order valence-electron chi connectivity index (χ1n) is 10.6. The van der Waals surface area contributed by atoms with Crippen molar-refractivity contribution in [2.45, 2.75) is 26.5 Å². The number of ether oxygens (including phenoxy) is 3. The molecule has 30 heavy (non-hydrogen) atoms. The number of aliphatic imine (C=N–C) groups is 1. The Balaban J connectivity index is 1.57. The van der Waals surface area contributed by atoms with Crippen LogP contribution >= 0.6 is 0 Å². The van der Waals surface area contributed by atoms with Crippen molar-refractivity contribution >= 4 is 5.96 Å². The maximum Gasteiger partial charge on any atom is 0.194 e. The zero-order chi connectivity index (χ0) is 21.2. The van der Waals surface area contributed by atoms with Gasteiger partial charge in [-0.15, -0.1) is 0 Å². The van der Waals surface area contributed by atoms with Crippen LogP contribution in [0.1, 0.15) is 24.5 Å². The van der Waals surface area contributed by atoms with Gasteiger partial charge in [0.15, 0.2) is 17.5 Å². The number of rotatable bonds is 9. The summed E-state index contributed by atoms with van der Waals surface area (Å²) in [5, 5.41) is 3.43. The molecule has 3 rings (SSSR count). The van der Waals surface area contributed by atoms with Crippen molar-refractivity contribution in [3.63, 3.8) is 0 Å². The number of hydrogen-bond acceptors (Lipinski definition) is 4. The minimum Gasteiger partial charge on any atom is -0.493 e. The van der Waals surface area contributed by atoms with Gasteiger partial charge in [-0.1, -0.05) is 42.5 Å². The summed E-state index contributed by atoms with van der Waals surface area (Å²) in [5.74, 6) is 2.93. The van der Waals surface area contributed by atoms with Gasteiger partial charge in [-0.3, -0.25) is 0 Å². The summed E-state index contributed by atoms with van der Waals surface area (Å²) in [4.78, 5) is 7.19. The fourth-order valence-electron chi connectivity index (χ4n) is 3.74. The summed E-state index contributed by atoms with van der Waals surface area (Å²) in [6.07, 6.45) is 1.11. The third-order valence-electron chi connectivity index (χ3n) is 5.27. The van der Waals surface area contributed by atoms with E-state index in [-0.39, 0.29) is 0 Å². The highest BCUT2D eigenvalue weighted by Crippen LogP contribution is 2.31. The average molecular weight is 412 g/mol. The Morgan fingerprint density at radius 2 is 1.93 bits per heavy atom. The maximum atomic E-state index is 5.96. The normalized spacial score (nSPS) is 16.6. The molecule has 0 radical (unpaired) electrons. The minimum atomic E-state index is 0.518. The largest absolute Gasteiger partial charge is 0.493 e. The van der Waals surface area contributed by atoms with Gasteiger partial charge in [0, 0.05) is 31.1 Å². The Morgan fingerprint density at radius 3 is 2.67 bits per heavy atom. The Kier molecular flexibility index (Phi) is 8.39. The molecule has 1 N–H and O–H groups in total. The Hall–Kier alpha value is -2.73. The fraction of sp³-hybridized carbons (Fsp3) is 0.458. The number of nitrogens with one attached hydrogen (secondary N) is 1. The smallest absolute Gasteiger partial charge is 0.194 e. The molecule has 1 aliphatic heterocycles. The number of methoxy groups -OCH3 is 2. The molecule has 1 aliphatic rings. The lowest BCUT2D eigenvalue weighted by Gasteiger charge is -2.22. The first-order chi connectivity index (χ1) is 14.7.